The largest absolute Gasteiger partial charge is 0.487 e. The SMILES string of the molecule is CCC1(CC)C[C@@H](NC(=O)[C@@H](C)N(c2ccc(F)c(F)c2)S(C)(=O)=O)c2ccccc2O1. The molecule has 2 aromatic rings. The van der Waals surface area contributed by atoms with Gasteiger partial charge in [0.05, 0.1) is 18.0 Å². The maximum Gasteiger partial charge on any atom is 0.244 e. The first kappa shape index (κ1) is 24.0. The molecular formula is C23H28F2N2O4S. The van der Waals surface area contributed by atoms with Gasteiger partial charge in [0, 0.05) is 18.1 Å². The number of anilines is 1. The van der Waals surface area contributed by atoms with Crippen molar-refractivity contribution in [2.75, 3.05) is 10.6 Å². The predicted molar refractivity (Wildman–Crippen MR) is 119 cm³/mol. The monoisotopic (exact) mass is 466 g/mol. The molecule has 1 N–H and O–H groups in total. The molecule has 0 unspecified atom stereocenters. The number of carbonyl (C=O) groups excluding carboxylic acids is 1. The first-order valence-corrected chi connectivity index (χ1v) is 12.4. The molecule has 1 aliphatic heterocycles. The molecule has 32 heavy (non-hydrogen) atoms. The maximum absolute atomic E-state index is 13.8. The van der Waals surface area contributed by atoms with Crippen LogP contribution in [0.15, 0.2) is 42.5 Å². The Kier molecular flexibility index (Phi) is 6.78. The van der Waals surface area contributed by atoms with E-state index in [2.05, 4.69) is 5.32 Å². The predicted octanol–water partition coefficient (Wildman–Crippen LogP) is 4.32. The van der Waals surface area contributed by atoms with Crippen molar-refractivity contribution in [1.29, 1.82) is 0 Å². The summed E-state index contributed by atoms with van der Waals surface area (Å²) < 4.78 is 59.1. The first-order valence-electron chi connectivity index (χ1n) is 10.5. The second-order valence-electron chi connectivity index (χ2n) is 8.13. The van der Waals surface area contributed by atoms with Crippen molar-refractivity contribution >= 4 is 21.6 Å². The number of sulfonamides is 1. The van der Waals surface area contributed by atoms with Crippen LogP contribution in [-0.4, -0.2) is 32.2 Å². The van der Waals surface area contributed by atoms with Gasteiger partial charge in [-0.2, -0.15) is 0 Å². The minimum atomic E-state index is -3.97. The van der Waals surface area contributed by atoms with E-state index in [0.29, 0.717) is 12.2 Å². The van der Waals surface area contributed by atoms with Crippen LogP contribution in [-0.2, 0) is 14.8 Å². The highest BCUT2D eigenvalue weighted by Gasteiger charge is 2.40. The maximum atomic E-state index is 13.8. The van der Waals surface area contributed by atoms with Gasteiger partial charge in [0.15, 0.2) is 11.6 Å². The van der Waals surface area contributed by atoms with E-state index >= 15 is 0 Å². The Bertz CT molecular complexity index is 1100. The number of ether oxygens (including phenoxy) is 1. The zero-order valence-corrected chi connectivity index (χ0v) is 19.4. The Labute approximate surface area is 187 Å². The molecular weight excluding hydrogens is 438 g/mol. The van der Waals surface area contributed by atoms with Crippen LogP contribution in [0.5, 0.6) is 5.75 Å². The van der Waals surface area contributed by atoms with Crippen molar-refractivity contribution in [1.82, 2.24) is 5.32 Å². The number of rotatable bonds is 7. The summed E-state index contributed by atoms with van der Waals surface area (Å²) in [6.45, 7) is 5.45. The Morgan fingerprint density at radius 2 is 1.84 bits per heavy atom. The molecule has 9 heteroatoms. The highest BCUT2D eigenvalue weighted by molar-refractivity contribution is 7.92. The molecule has 0 radical (unpaired) electrons. The van der Waals surface area contributed by atoms with Gasteiger partial charge < -0.3 is 10.1 Å². The summed E-state index contributed by atoms with van der Waals surface area (Å²) in [5.41, 5.74) is 0.230. The number of fused-ring (bicyclic) bond motifs is 1. The van der Waals surface area contributed by atoms with Crippen LogP contribution in [0.25, 0.3) is 0 Å². The highest BCUT2D eigenvalue weighted by atomic mass is 32.2. The molecule has 2 atom stereocenters. The molecule has 6 nitrogen and oxygen atoms in total. The van der Waals surface area contributed by atoms with Crippen LogP contribution in [0.4, 0.5) is 14.5 Å². The number of amides is 1. The van der Waals surface area contributed by atoms with E-state index in [1.54, 1.807) is 0 Å². The van der Waals surface area contributed by atoms with Crippen molar-refractivity contribution in [3.8, 4) is 5.75 Å². The molecule has 0 saturated carbocycles. The van der Waals surface area contributed by atoms with Crippen LogP contribution < -0.4 is 14.4 Å². The summed E-state index contributed by atoms with van der Waals surface area (Å²) in [5, 5.41) is 2.95. The number of benzene rings is 2. The molecule has 3 rings (SSSR count). The number of hydrogen-bond donors (Lipinski definition) is 1. The molecule has 0 aliphatic carbocycles. The number of carbonyl (C=O) groups is 1. The molecule has 0 aromatic heterocycles. The van der Waals surface area contributed by atoms with Crippen LogP contribution in [0, 0.1) is 11.6 Å². The minimum absolute atomic E-state index is 0.127. The molecule has 174 valence electrons. The summed E-state index contributed by atoms with van der Waals surface area (Å²) >= 11 is 0. The Morgan fingerprint density at radius 3 is 2.44 bits per heavy atom. The van der Waals surface area contributed by atoms with E-state index in [1.807, 2.05) is 38.1 Å². The number of nitrogens with one attached hydrogen (secondary N) is 1. The zero-order valence-electron chi connectivity index (χ0n) is 18.6. The van der Waals surface area contributed by atoms with Gasteiger partial charge in [-0.15, -0.1) is 0 Å². The molecule has 1 aliphatic rings. The van der Waals surface area contributed by atoms with E-state index in [1.165, 1.54) is 6.92 Å². The Morgan fingerprint density at radius 1 is 1.19 bits per heavy atom. The van der Waals surface area contributed by atoms with Gasteiger partial charge >= 0.3 is 0 Å². The van der Waals surface area contributed by atoms with Gasteiger partial charge in [-0.3, -0.25) is 9.10 Å². The van der Waals surface area contributed by atoms with Crippen LogP contribution in [0.2, 0.25) is 0 Å². The van der Waals surface area contributed by atoms with Crippen molar-refractivity contribution in [2.24, 2.45) is 0 Å². The second-order valence-corrected chi connectivity index (χ2v) is 9.99. The van der Waals surface area contributed by atoms with Crippen LogP contribution in [0.3, 0.4) is 0 Å². The molecule has 0 saturated heterocycles. The highest BCUT2D eigenvalue weighted by Crippen LogP contribution is 2.42. The normalized spacial score (nSPS) is 18.2. The molecule has 0 bridgehead atoms. The fraction of sp³-hybridized carbons (Fsp3) is 0.435. The third-order valence-electron chi connectivity index (χ3n) is 6.05. The topological polar surface area (TPSA) is 75.7 Å². The Hall–Kier alpha value is -2.68. The fourth-order valence-corrected chi connectivity index (χ4v) is 5.32. The van der Waals surface area contributed by atoms with Gasteiger partial charge in [0.2, 0.25) is 15.9 Å². The van der Waals surface area contributed by atoms with Crippen molar-refractivity contribution < 1.29 is 26.7 Å². The lowest BCUT2D eigenvalue weighted by Crippen LogP contribution is -2.51. The van der Waals surface area contributed by atoms with Crippen molar-refractivity contribution in [2.45, 2.75) is 57.7 Å². The number of hydrogen-bond acceptors (Lipinski definition) is 4. The van der Waals surface area contributed by atoms with Gasteiger partial charge in [0.25, 0.3) is 0 Å². The summed E-state index contributed by atoms with van der Waals surface area (Å²) in [6.07, 6.45) is 2.93. The number of nitrogens with zero attached hydrogens (tertiary/aromatic N) is 1. The average Bonchev–Trinajstić information content (AvgIpc) is 2.75. The standard InChI is InChI=1S/C23H28F2N2O4S/c1-5-23(6-2)14-20(17-9-7-8-10-21(17)31-23)26-22(28)15(3)27(32(4,29)30)16-11-12-18(24)19(25)13-16/h7-13,15,20H,5-6,14H2,1-4H3,(H,26,28)/t15-,20-/m1/s1. The molecule has 0 spiro atoms. The van der Waals surface area contributed by atoms with Crippen LogP contribution in [0.1, 0.15) is 51.6 Å². The van der Waals surface area contributed by atoms with Crippen LogP contribution >= 0.6 is 0 Å². The summed E-state index contributed by atoms with van der Waals surface area (Å²) in [7, 11) is -3.97. The lowest BCUT2D eigenvalue weighted by Gasteiger charge is -2.42. The molecule has 1 amide bonds. The van der Waals surface area contributed by atoms with E-state index < -0.39 is 39.2 Å². The van der Waals surface area contributed by atoms with Crippen molar-refractivity contribution in [3.05, 3.63) is 59.7 Å². The lowest BCUT2D eigenvalue weighted by molar-refractivity contribution is -0.123. The zero-order chi connectivity index (χ0) is 23.7. The second kappa shape index (κ2) is 9.05. The van der Waals surface area contributed by atoms with Gasteiger partial charge in [0.1, 0.15) is 17.4 Å². The smallest absolute Gasteiger partial charge is 0.244 e. The Balaban J connectivity index is 1.92. The third-order valence-corrected chi connectivity index (χ3v) is 7.29. The van der Waals surface area contributed by atoms with E-state index in [9.17, 15) is 22.0 Å². The lowest BCUT2D eigenvalue weighted by atomic mass is 9.83. The molecule has 0 fully saturated rings. The van der Waals surface area contributed by atoms with E-state index in [0.717, 1.165) is 47.2 Å². The van der Waals surface area contributed by atoms with Gasteiger partial charge in [-0.25, -0.2) is 17.2 Å². The number of halogens is 2. The van der Waals surface area contributed by atoms with Crippen molar-refractivity contribution in [3.63, 3.8) is 0 Å². The van der Waals surface area contributed by atoms with E-state index in [4.69, 9.17) is 4.74 Å². The van der Waals surface area contributed by atoms with E-state index in [-0.39, 0.29) is 11.7 Å². The average molecular weight is 467 g/mol. The third kappa shape index (κ3) is 4.72. The fourth-order valence-electron chi connectivity index (χ4n) is 4.15. The number of para-hydroxylation sites is 1. The molecule has 1 heterocycles. The van der Waals surface area contributed by atoms with Gasteiger partial charge in [-0.05, 0) is 38.0 Å². The molecule has 2 aromatic carbocycles. The minimum Gasteiger partial charge on any atom is -0.487 e. The summed E-state index contributed by atoms with van der Waals surface area (Å²) in [5.74, 6) is -2.17. The first-order chi connectivity index (χ1) is 15.0. The van der Waals surface area contributed by atoms with Gasteiger partial charge in [-0.1, -0.05) is 32.0 Å². The summed E-state index contributed by atoms with van der Waals surface area (Å²) in [4.78, 5) is 13.2. The quantitative estimate of drug-likeness (QED) is 0.660. The summed E-state index contributed by atoms with van der Waals surface area (Å²) in [6, 6.07) is 8.57.